The molecule has 0 aliphatic rings. The van der Waals surface area contributed by atoms with Gasteiger partial charge in [0.25, 0.3) is 0 Å². The van der Waals surface area contributed by atoms with Gasteiger partial charge >= 0.3 is 0 Å². The molecule has 0 bridgehead atoms. The zero-order valence-corrected chi connectivity index (χ0v) is 10.8. The number of rotatable bonds is 3. The maximum Gasteiger partial charge on any atom is 0.0954 e. The van der Waals surface area contributed by atoms with E-state index in [4.69, 9.17) is 5.73 Å². The molecule has 1 aromatic heterocycles. The predicted molar refractivity (Wildman–Crippen MR) is 70.9 cm³/mol. The Morgan fingerprint density at radius 2 is 2.12 bits per heavy atom. The SMILES string of the molecule is Cc1ccc2sc(CC(N)C(C)C)nc2c1. The van der Waals surface area contributed by atoms with Crippen molar-refractivity contribution in [3.8, 4) is 0 Å². The fourth-order valence-electron chi connectivity index (χ4n) is 1.61. The highest BCUT2D eigenvalue weighted by atomic mass is 32.1. The molecule has 1 atom stereocenters. The maximum absolute atomic E-state index is 6.07. The van der Waals surface area contributed by atoms with Crippen LogP contribution in [0, 0.1) is 12.8 Å². The van der Waals surface area contributed by atoms with Crippen LogP contribution in [0.5, 0.6) is 0 Å². The molecular formula is C13H18N2S. The predicted octanol–water partition coefficient (Wildman–Crippen LogP) is 3.13. The van der Waals surface area contributed by atoms with Gasteiger partial charge < -0.3 is 5.73 Å². The molecule has 3 heteroatoms. The Balaban J connectivity index is 2.26. The highest BCUT2D eigenvalue weighted by Crippen LogP contribution is 2.24. The van der Waals surface area contributed by atoms with E-state index in [1.165, 1.54) is 10.3 Å². The van der Waals surface area contributed by atoms with Gasteiger partial charge in [-0.25, -0.2) is 4.98 Å². The summed E-state index contributed by atoms with van der Waals surface area (Å²) >= 11 is 1.76. The van der Waals surface area contributed by atoms with Gasteiger partial charge in [-0.2, -0.15) is 0 Å². The summed E-state index contributed by atoms with van der Waals surface area (Å²) in [6.07, 6.45) is 0.885. The van der Waals surface area contributed by atoms with Crippen LogP contribution >= 0.6 is 11.3 Å². The second kappa shape index (κ2) is 4.52. The van der Waals surface area contributed by atoms with Crippen molar-refractivity contribution in [2.45, 2.75) is 33.2 Å². The van der Waals surface area contributed by atoms with E-state index in [9.17, 15) is 0 Å². The van der Waals surface area contributed by atoms with Gasteiger partial charge in [0.1, 0.15) is 0 Å². The third-order valence-corrected chi connectivity index (χ3v) is 3.91. The number of hydrogen-bond donors (Lipinski definition) is 1. The van der Waals surface area contributed by atoms with E-state index in [0.717, 1.165) is 16.9 Å². The van der Waals surface area contributed by atoms with Crippen LogP contribution in [0.1, 0.15) is 24.4 Å². The summed E-state index contributed by atoms with van der Waals surface area (Å²) in [4.78, 5) is 4.63. The fourth-order valence-corrected chi connectivity index (χ4v) is 2.63. The smallest absolute Gasteiger partial charge is 0.0954 e. The van der Waals surface area contributed by atoms with E-state index in [-0.39, 0.29) is 6.04 Å². The van der Waals surface area contributed by atoms with E-state index in [0.29, 0.717) is 5.92 Å². The number of hydrogen-bond acceptors (Lipinski definition) is 3. The minimum atomic E-state index is 0.210. The molecule has 0 aliphatic carbocycles. The average Bonchev–Trinajstić information content (AvgIpc) is 2.58. The number of nitrogens with zero attached hydrogens (tertiary/aromatic N) is 1. The molecule has 0 fully saturated rings. The monoisotopic (exact) mass is 234 g/mol. The maximum atomic E-state index is 6.07. The molecule has 0 spiro atoms. The highest BCUT2D eigenvalue weighted by Gasteiger charge is 2.11. The summed E-state index contributed by atoms with van der Waals surface area (Å²) in [7, 11) is 0. The Kier molecular flexibility index (Phi) is 3.26. The van der Waals surface area contributed by atoms with Crippen LogP contribution in [0.2, 0.25) is 0 Å². The molecule has 0 amide bonds. The molecule has 1 aromatic carbocycles. The minimum Gasteiger partial charge on any atom is -0.327 e. The van der Waals surface area contributed by atoms with E-state index in [2.05, 4.69) is 44.0 Å². The lowest BCUT2D eigenvalue weighted by molar-refractivity contribution is 0.490. The number of benzene rings is 1. The Morgan fingerprint density at radius 3 is 2.81 bits per heavy atom. The van der Waals surface area contributed by atoms with E-state index in [1.807, 2.05) is 0 Å². The summed E-state index contributed by atoms with van der Waals surface area (Å²) in [5.74, 6) is 0.508. The molecule has 0 saturated heterocycles. The molecule has 86 valence electrons. The van der Waals surface area contributed by atoms with Crippen molar-refractivity contribution in [2.24, 2.45) is 11.7 Å². The standard InChI is InChI=1S/C13H18N2S/c1-8(2)10(14)7-13-15-11-6-9(3)4-5-12(11)16-13/h4-6,8,10H,7,14H2,1-3H3. The zero-order valence-electron chi connectivity index (χ0n) is 10.0. The molecular weight excluding hydrogens is 216 g/mol. The van der Waals surface area contributed by atoms with Crippen LogP contribution in [0.25, 0.3) is 10.2 Å². The van der Waals surface area contributed by atoms with Crippen molar-refractivity contribution in [1.29, 1.82) is 0 Å². The Labute approximate surface area is 101 Å². The summed E-state index contributed by atoms with van der Waals surface area (Å²) in [6, 6.07) is 6.62. The molecule has 0 saturated carbocycles. The molecule has 2 N–H and O–H groups in total. The molecule has 0 aliphatic heterocycles. The summed E-state index contributed by atoms with van der Waals surface area (Å²) in [6.45, 7) is 6.41. The van der Waals surface area contributed by atoms with Crippen LogP contribution in [-0.4, -0.2) is 11.0 Å². The average molecular weight is 234 g/mol. The zero-order chi connectivity index (χ0) is 11.7. The van der Waals surface area contributed by atoms with Crippen molar-refractivity contribution in [1.82, 2.24) is 4.98 Å². The van der Waals surface area contributed by atoms with Crippen molar-refractivity contribution < 1.29 is 0 Å². The van der Waals surface area contributed by atoms with Crippen LogP contribution in [-0.2, 0) is 6.42 Å². The second-order valence-electron chi connectivity index (χ2n) is 4.69. The first-order valence-corrected chi connectivity index (χ1v) is 6.49. The van der Waals surface area contributed by atoms with Gasteiger partial charge in [0, 0.05) is 12.5 Å². The third kappa shape index (κ3) is 2.42. The van der Waals surface area contributed by atoms with E-state index in [1.54, 1.807) is 11.3 Å². The van der Waals surface area contributed by atoms with Crippen molar-refractivity contribution in [2.75, 3.05) is 0 Å². The number of aryl methyl sites for hydroxylation is 1. The Hall–Kier alpha value is -0.930. The molecule has 2 nitrogen and oxygen atoms in total. The van der Waals surface area contributed by atoms with Crippen molar-refractivity contribution in [3.05, 3.63) is 28.8 Å². The highest BCUT2D eigenvalue weighted by molar-refractivity contribution is 7.18. The molecule has 1 heterocycles. The number of aromatic nitrogens is 1. The summed E-state index contributed by atoms with van der Waals surface area (Å²) < 4.78 is 1.26. The van der Waals surface area contributed by atoms with Crippen molar-refractivity contribution >= 4 is 21.6 Å². The van der Waals surface area contributed by atoms with Crippen molar-refractivity contribution in [3.63, 3.8) is 0 Å². The van der Waals surface area contributed by atoms with Gasteiger partial charge in [0.2, 0.25) is 0 Å². The van der Waals surface area contributed by atoms with Gasteiger partial charge in [0.15, 0.2) is 0 Å². The fraction of sp³-hybridized carbons (Fsp3) is 0.462. The summed E-state index contributed by atoms with van der Waals surface area (Å²) in [5.41, 5.74) is 8.44. The lowest BCUT2D eigenvalue weighted by Gasteiger charge is -2.12. The van der Waals surface area contributed by atoms with Gasteiger partial charge in [-0.05, 0) is 30.5 Å². The Bertz CT molecular complexity index is 488. The largest absolute Gasteiger partial charge is 0.327 e. The second-order valence-corrected chi connectivity index (χ2v) is 5.81. The minimum absolute atomic E-state index is 0.210. The van der Waals surface area contributed by atoms with Gasteiger partial charge in [-0.3, -0.25) is 0 Å². The van der Waals surface area contributed by atoms with Crippen LogP contribution in [0.15, 0.2) is 18.2 Å². The van der Waals surface area contributed by atoms with Crippen LogP contribution in [0.4, 0.5) is 0 Å². The van der Waals surface area contributed by atoms with Gasteiger partial charge in [-0.1, -0.05) is 19.9 Å². The molecule has 0 radical (unpaired) electrons. The topological polar surface area (TPSA) is 38.9 Å². The number of thiazole rings is 1. The van der Waals surface area contributed by atoms with Gasteiger partial charge in [-0.15, -0.1) is 11.3 Å². The quantitative estimate of drug-likeness (QED) is 0.886. The molecule has 16 heavy (non-hydrogen) atoms. The molecule has 2 aromatic rings. The molecule has 2 rings (SSSR count). The first-order chi connectivity index (χ1) is 7.56. The van der Waals surface area contributed by atoms with E-state index >= 15 is 0 Å². The van der Waals surface area contributed by atoms with Gasteiger partial charge in [0.05, 0.1) is 15.2 Å². The Morgan fingerprint density at radius 1 is 1.38 bits per heavy atom. The van der Waals surface area contributed by atoms with E-state index < -0.39 is 0 Å². The number of fused-ring (bicyclic) bond motifs is 1. The first kappa shape index (κ1) is 11.6. The lowest BCUT2D eigenvalue weighted by Crippen LogP contribution is -2.28. The van der Waals surface area contributed by atoms with Crippen LogP contribution in [0.3, 0.4) is 0 Å². The lowest BCUT2D eigenvalue weighted by atomic mass is 10.0. The normalized spacial score (nSPS) is 13.6. The summed E-state index contributed by atoms with van der Waals surface area (Å²) in [5, 5.41) is 1.15. The number of nitrogens with two attached hydrogens (primary N) is 1. The molecule has 1 unspecified atom stereocenters. The first-order valence-electron chi connectivity index (χ1n) is 5.68. The third-order valence-electron chi connectivity index (χ3n) is 2.85. The van der Waals surface area contributed by atoms with Crippen LogP contribution < -0.4 is 5.73 Å².